The highest BCUT2D eigenvalue weighted by Crippen LogP contribution is 2.35. The molecule has 1 aromatic carbocycles. The van der Waals surface area contributed by atoms with E-state index in [0.29, 0.717) is 0 Å². The Labute approximate surface area is 79.0 Å². The first-order valence-corrected chi connectivity index (χ1v) is 4.88. The second-order valence-electron chi connectivity index (χ2n) is 3.67. The van der Waals surface area contributed by atoms with Gasteiger partial charge in [0, 0.05) is 0 Å². The van der Waals surface area contributed by atoms with Crippen LogP contribution in [0.25, 0.3) is 0 Å². The molecule has 1 atom stereocenters. The van der Waals surface area contributed by atoms with Gasteiger partial charge in [0.05, 0.1) is 11.6 Å². The molecule has 0 bridgehead atoms. The van der Waals surface area contributed by atoms with Crippen molar-refractivity contribution in [3.8, 4) is 6.07 Å². The summed E-state index contributed by atoms with van der Waals surface area (Å²) in [5.74, 6) is 0.739. The molecular weight excluding hydrogens is 158 g/mol. The Morgan fingerprint density at radius 1 is 1.54 bits per heavy atom. The van der Waals surface area contributed by atoms with Gasteiger partial charge in [-0.15, -0.1) is 0 Å². The molecule has 0 N–H and O–H groups in total. The second kappa shape index (κ2) is 3.22. The van der Waals surface area contributed by atoms with Crippen LogP contribution in [0.5, 0.6) is 0 Å². The van der Waals surface area contributed by atoms with Gasteiger partial charge in [-0.05, 0) is 48.4 Å². The molecule has 0 aliphatic heterocycles. The molecule has 0 saturated heterocycles. The summed E-state index contributed by atoms with van der Waals surface area (Å²) in [7, 11) is 0. The summed E-state index contributed by atoms with van der Waals surface area (Å²) in [6, 6.07) is 8.31. The lowest BCUT2D eigenvalue weighted by Gasteiger charge is -2.07. The quantitative estimate of drug-likeness (QED) is 0.637. The van der Waals surface area contributed by atoms with E-state index < -0.39 is 0 Å². The molecule has 0 spiro atoms. The fourth-order valence-electron chi connectivity index (χ4n) is 2.20. The molecule has 1 nitrogen and oxygen atoms in total. The minimum Gasteiger partial charge on any atom is -0.192 e. The monoisotopic (exact) mass is 171 g/mol. The van der Waals surface area contributed by atoms with E-state index in [1.807, 2.05) is 12.1 Å². The second-order valence-corrected chi connectivity index (χ2v) is 3.67. The lowest BCUT2D eigenvalue weighted by Crippen LogP contribution is -1.90. The van der Waals surface area contributed by atoms with Crippen LogP contribution in [0.4, 0.5) is 0 Å². The molecule has 1 aliphatic rings. The minimum atomic E-state index is 0.739. The molecule has 0 aromatic heterocycles. The number of benzene rings is 1. The largest absolute Gasteiger partial charge is 0.192 e. The number of fused-ring (bicyclic) bond motifs is 1. The molecule has 66 valence electrons. The highest BCUT2D eigenvalue weighted by atomic mass is 14.3. The smallest absolute Gasteiger partial charge is 0.0991 e. The van der Waals surface area contributed by atoms with Crippen molar-refractivity contribution in [2.45, 2.75) is 32.1 Å². The predicted octanol–water partition coefficient (Wildman–Crippen LogP) is 3.00. The third-order valence-electron chi connectivity index (χ3n) is 2.97. The fourth-order valence-corrected chi connectivity index (χ4v) is 2.20. The van der Waals surface area contributed by atoms with Crippen molar-refractivity contribution < 1.29 is 0 Å². The van der Waals surface area contributed by atoms with E-state index in [1.54, 1.807) is 0 Å². The summed E-state index contributed by atoms with van der Waals surface area (Å²) in [5, 5.41) is 8.74. The van der Waals surface area contributed by atoms with Gasteiger partial charge in [0.25, 0.3) is 0 Å². The molecule has 1 aromatic rings. The Balaban J connectivity index is 2.41. The summed E-state index contributed by atoms with van der Waals surface area (Å²) in [6.45, 7) is 2.23. The van der Waals surface area contributed by atoms with Crippen LogP contribution in [0.1, 0.15) is 42.4 Å². The lowest BCUT2D eigenvalue weighted by atomic mass is 9.98. The highest BCUT2D eigenvalue weighted by Gasteiger charge is 2.20. The van der Waals surface area contributed by atoms with Crippen molar-refractivity contribution in [1.82, 2.24) is 0 Å². The van der Waals surface area contributed by atoms with Crippen LogP contribution in [-0.4, -0.2) is 0 Å². The van der Waals surface area contributed by atoms with Crippen LogP contribution >= 0.6 is 0 Å². The number of rotatable bonds is 1. The van der Waals surface area contributed by atoms with Crippen molar-refractivity contribution in [2.24, 2.45) is 0 Å². The van der Waals surface area contributed by atoms with Crippen molar-refractivity contribution in [2.75, 3.05) is 0 Å². The molecule has 2 rings (SSSR count). The maximum atomic E-state index is 8.74. The normalized spacial score (nSPS) is 19.5. The standard InChI is InChI=1S/C12H13N/c1-2-10-4-5-11-7-9(8-13)3-6-12(10)11/h3,6-7,10H,2,4-5H2,1H3/t10-/m0/s1. The van der Waals surface area contributed by atoms with Crippen LogP contribution in [0.3, 0.4) is 0 Å². The molecule has 1 heteroatoms. The Bertz CT molecular complexity index is 360. The SMILES string of the molecule is CC[C@H]1CCc2cc(C#N)ccc21. The Hall–Kier alpha value is -1.29. The van der Waals surface area contributed by atoms with Gasteiger partial charge < -0.3 is 0 Å². The van der Waals surface area contributed by atoms with Crippen molar-refractivity contribution in [3.63, 3.8) is 0 Å². The molecule has 0 radical (unpaired) electrons. The molecule has 0 fully saturated rings. The molecule has 0 amide bonds. The predicted molar refractivity (Wildman–Crippen MR) is 52.5 cm³/mol. The molecular formula is C12H13N. The van der Waals surface area contributed by atoms with Crippen LogP contribution < -0.4 is 0 Å². The van der Waals surface area contributed by atoms with Gasteiger partial charge in [0.15, 0.2) is 0 Å². The first-order valence-electron chi connectivity index (χ1n) is 4.88. The van der Waals surface area contributed by atoms with E-state index in [4.69, 9.17) is 5.26 Å². The number of hydrogen-bond acceptors (Lipinski definition) is 1. The Morgan fingerprint density at radius 3 is 3.08 bits per heavy atom. The third-order valence-corrected chi connectivity index (χ3v) is 2.97. The van der Waals surface area contributed by atoms with Crippen molar-refractivity contribution in [3.05, 3.63) is 34.9 Å². The van der Waals surface area contributed by atoms with E-state index in [2.05, 4.69) is 19.1 Å². The van der Waals surface area contributed by atoms with Gasteiger partial charge in [-0.1, -0.05) is 13.0 Å². The van der Waals surface area contributed by atoms with Gasteiger partial charge >= 0.3 is 0 Å². The average molecular weight is 171 g/mol. The topological polar surface area (TPSA) is 23.8 Å². The van der Waals surface area contributed by atoms with Crippen molar-refractivity contribution in [1.29, 1.82) is 5.26 Å². The number of nitriles is 1. The summed E-state index contributed by atoms with van der Waals surface area (Å²) in [6.07, 6.45) is 3.64. The van der Waals surface area contributed by atoms with E-state index in [1.165, 1.54) is 24.0 Å². The van der Waals surface area contributed by atoms with Gasteiger partial charge in [0.1, 0.15) is 0 Å². The summed E-state index contributed by atoms with van der Waals surface area (Å²) in [4.78, 5) is 0. The first kappa shape index (κ1) is 8.31. The third kappa shape index (κ3) is 1.33. The molecule has 0 heterocycles. The number of nitrogens with zero attached hydrogens (tertiary/aromatic N) is 1. The first-order chi connectivity index (χ1) is 6.35. The van der Waals surface area contributed by atoms with E-state index in [-0.39, 0.29) is 0 Å². The zero-order valence-electron chi connectivity index (χ0n) is 7.88. The summed E-state index contributed by atoms with van der Waals surface area (Å²) < 4.78 is 0. The van der Waals surface area contributed by atoms with Gasteiger partial charge in [-0.3, -0.25) is 0 Å². The average Bonchev–Trinajstić information content (AvgIpc) is 2.59. The van der Waals surface area contributed by atoms with Crippen molar-refractivity contribution >= 4 is 0 Å². The fraction of sp³-hybridized carbons (Fsp3) is 0.417. The van der Waals surface area contributed by atoms with Gasteiger partial charge in [0.2, 0.25) is 0 Å². The van der Waals surface area contributed by atoms with Gasteiger partial charge in [-0.25, -0.2) is 0 Å². The maximum Gasteiger partial charge on any atom is 0.0991 e. The van der Waals surface area contributed by atoms with E-state index >= 15 is 0 Å². The molecule has 13 heavy (non-hydrogen) atoms. The summed E-state index contributed by atoms with van der Waals surface area (Å²) >= 11 is 0. The van der Waals surface area contributed by atoms with Crippen LogP contribution in [0.15, 0.2) is 18.2 Å². The van der Waals surface area contributed by atoms with E-state index in [9.17, 15) is 0 Å². The Kier molecular flexibility index (Phi) is 2.06. The minimum absolute atomic E-state index is 0.739. The van der Waals surface area contributed by atoms with Crippen LogP contribution in [0.2, 0.25) is 0 Å². The molecule has 0 saturated carbocycles. The van der Waals surface area contributed by atoms with Gasteiger partial charge in [-0.2, -0.15) is 5.26 Å². The highest BCUT2D eigenvalue weighted by molar-refractivity contribution is 5.42. The van der Waals surface area contributed by atoms with E-state index in [0.717, 1.165) is 17.9 Å². The zero-order chi connectivity index (χ0) is 9.26. The zero-order valence-corrected chi connectivity index (χ0v) is 7.88. The number of hydrogen-bond donors (Lipinski definition) is 0. The Morgan fingerprint density at radius 2 is 2.38 bits per heavy atom. The molecule has 1 aliphatic carbocycles. The summed E-state index contributed by atoms with van der Waals surface area (Å²) in [5.41, 5.74) is 3.67. The van der Waals surface area contributed by atoms with Crippen LogP contribution in [-0.2, 0) is 6.42 Å². The molecule has 0 unspecified atom stereocenters. The maximum absolute atomic E-state index is 8.74. The number of aryl methyl sites for hydroxylation is 1. The lowest BCUT2D eigenvalue weighted by molar-refractivity contribution is 0.656. The van der Waals surface area contributed by atoms with Crippen LogP contribution in [0, 0.1) is 11.3 Å².